The minimum atomic E-state index is 0.237. The largest absolute Gasteiger partial charge is 0.342 e. The van der Waals surface area contributed by atoms with Gasteiger partial charge in [-0.1, -0.05) is 0 Å². The van der Waals surface area contributed by atoms with E-state index in [-0.39, 0.29) is 5.91 Å². The molecule has 0 aromatic carbocycles. The highest BCUT2D eigenvalue weighted by Crippen LogP contribution is 2.31. The molecule has 80 valence electrons. The third kappa shape index (κ3) is 1.65. The predicted octanol–water partition coefficient (Wildman–Crippen LogP) is 0.805. The summed E-state index contributed by atoms with van der Waals surface area (Å²) < 4.78 is 0. The normalized spacial score (nSPS) is 25.0. The van der Waals surface area contributed by atoms with Gasteiger partial charge in [0, 0.05) is 39.1 Å². The van der Waals surface area contributed by atoms with Crippen LogP contribution in [0.2, 0.25) is 0 Å². The lowest BCUT2D eigenvalue weighted by Gasteiger charge is -2.51. The molecule has 3 heteroatoms. The van der Waals surface area contributed by atoms with Gasteiger partial charge in [0.15, 0.2) is 0 Å². The summed E-state index contributed by atoms with van der Waals surface area (Å²) in [5, 5.41) is 0. The van der Waals surface area contributed by atoms with Gasteiger partial charge >= 0.3 is 0 Å². The van der Waals surface area contributed by atoms with Crippen LogP contribution in [0.4, 0.5) is 0 Å². The third-order valence-corrected chi connectivity index (χ3v) is 3.69. The van der Waals surface area contributed by atoms with Crippen molar-refractivity contribution in [2.24, 2.45) is 11.8 Å². The van der Waals surface area contributed by atoms with Crippen molar-refractivity contribution in [2.75, 3.05) is 26.2 Å². The summed E-state index contributed by atoms with van der Waals surface area (Å²) in [4.78, 5) is 15.4. The third-order valence-electron chi connectivity index (χ3n) is 3.69. The molecule has 0 aromatic heterocycles. The van der Waals surface area contributed by atoms with Crippen molar-refractivity contribution in [3.8, 4) is 0 Å². The molecular formula is C11H20N2O. The number of amides is 1. The lowest BCUT2D eigenvalue weighted by Crippen LogP contribution is -2.61. The molecule has 0 aromatic rings. The van der Waals surface area contributed by atoms with E-state index in [0.717, 1.165) is 24.9 Å². The Morgan fingerprint density at radius 1 is 1.14 bits per heavy atom. The van der Waals surface area contributed by atoms with E-state index in [1.54, 1.807) is 6.92 Å². The first kappa shape index (κ1) is 9.97. The van der Waals surface area contributed by atoms with Crippen LogP contribution >= 0.6 is 0 Å². The molecule has 0 radical (unpaired) electrons. The summed E-state index contributed by atoms with van der Waals surface area (Å²) in [6, 6.07) is 0.690. The van der Waals surface area contributed by atoms with Gasteiger partial charge in [-0.3, -0.25) is 4.79 Å². The maximum atomic E-state index is 11.0. The van der Waals surface area contributed by atoms with Gasteiger partial charge in [0.25, 0.3) is 0 Å². The van der Waals surface area contributed by atoms with Crippen LogP contribution in [0.5, 0.6) is 0 Å². The number of hydrogen-bond donors (Lipinski definition) is 0. The van der Waals surface area contributed by atoms with Crippen LogP contribution in [0.15, 0.2) is 0 Å². The van der Waals surface area contributed by atoms with Crippen molar-refractivity contribution >= 4 is 5.91 Å². The highest BCUT2D eigenvalue weighted by atomic mass is 16.2. The van der Waals surface area contributed by atoms with Crippen molar-refractivity contribution in [2.45, 2.75) is 26.8 Å². The number of likely N-dealkylation sites (tertiary alicyclic amines) is 2. The van der Waals surface area contributed by atoms with Gasteiger partial charge in [-0.2, -0.15) is 0 Å². The van der Waals surface area contributed by atoms with Crippen LogP contribution in [0.1, 0.15) is 20.8 Å². The van der Waals surface area contributed by atoms with Crippen LogP contribution in [-0.2, 0) is 4.79 Å². The average Bonchev–Trinajstić information content (AvgIpc) is 1.88. The van der Waals surface area contributed by atoms with E-state index in [4.69, 9.17) is 0 Å². The first-order chi connectivity index (χ1) is 6.58. The second-order valence-corrected chi connectivity index (χ2v) is 4.99. The molecule has 0 N–H and O–H groups in total. The lowest BCUT2D eigenvalue weighted by atomic mass is 9.80. The summed E-state index contributed by atoms with van der Waals surface area (Å²) in [5.41, 5.74) is 0. The molecule has 0 aliphatic carbocycles. The van der Waals surface area contributed by atoms with E-state index in [1.165, 1.54) is 13.1 Å². The molecule has 1 amide bonds. The fourth-order valence-electron chi connectivity index (χ4n) is 2.34. The zero-order valence-corrected chi connectivity index (χ0v) is 9.36. The first-order valence-electron chi connectivity index (χ1n) is 5.57. The zero-order valence-electron chi connectivity index (χ0n) is 9.36. The van der Waals surface area contributed by atoms with Crippen LogP contribution < -0.4 is 0 Å². The zero-order chi connectivity index (χ0) is 10.3. The minimum Gasteiger partial charge on any atom is -0.342 e. The highest BCUT2D eigenvalue weighted by Gasteiger charge is 2.41. The van der Waals surface area contributed by atoms with Crippen molar-refractivity contribution in [3.05, 3.63) is 0 Å². The smallest absolute Gasteiger partial charge is 0.219 e. The topological polar surface area (TPSA) is 23.6 Å². The molecule has 0 unspecified atom stereocenters. The number of hydrogen-bond acceptors (Lipinski definition) is 2. The van der Waals surface area contributed by atoms with Gasteiger partial charge in [-0.25, -0.2) is 0 Å². The monoisotopic (exact) mass is 196 g/mol. The maximum absolute atomic E-state index is 11.0. The highest BCUT2D eigenvalue weighted by molar-refractivity contribution is 5.74. The minimum absolute atomic E-state index is 0.237. The van der Waals surface area contributed by atoms with E-state index < -0.39 is 0 Å². The number of carbonyl (C=O) groups excluding carboxylic acids is 1. The summed E-state index contributed by atoms with van der Waals surface area (Å²) in [6.45, 7) is 10.7. The van der Waals surface area contributed by atoms with Crippen molar-refractivity contribution in [1.82, 2.24) is 9.80 Å². The molecule has 2 heterocycles. The molecule has 2 saturated heterocycles. The molecular weight excluding hydrogens is 176 g/mol. The van der Waals surface area contributed by atoms with Gasteiger partial charge in [-0.15, -0.1) is 0 Å². The van der Waals surface area contributed by atoms with E-state index in [2.05, 4.69) is 18.7 Å². The van der Waals surface area contributed by atoms with Crippen molar-refractivity contribution in [3.63, 3.8) is 0 Å². The molecule has 14 heavy (non-hydrogen) atoms. The molecule has 2 rings (SSSR count). The second kappa shape index (κ2) is 3.54. The maximum Gasteiger partial charge on any atom is 0.219 e. The van der Waals surface area contributed by atoms with E-state index >= 15 is 0 Å². The van der Waals surface area contributed by atoms with Crippen LogP contribution in [0, 0.1) is 11.8 Å². The molecule has 0 saturated carbocycles. The molecule has 2 fully saturated rings. The Hall–Kier alpha value is -0.570. The Morgan fingerprint density at radius 3 is 2.07 bits per heavy atom. The summed E-state index contributed by atoms with van der Waals surface area (Å²) in [6.07, 6.45) is 0. The quantitative estimate of drug-likeness (QED) is 0.652. The lowest BCUT2D eigenvalue weighted by molar-refractivity contribution is -0.139. The standard InChI is InChI=1S/C11H20N2O/c1-8(2)12-4-10(5-12)11-6-13(7-11)9(3)14/h8,10-11H,4-7H2,1-3H3. The van der Waals surface area contributed by atoms with Crippen LogP contribution in [0.25, 0.3) is 0 Å². The Labute approximate surface area is 86.1 Å². The summed E-state index contributed by atoms with van der Waals surface area (Å²) in [7, 11) is 0. The van der Waals surface area contributed by atoms with Crippen molar-refractivity contribution < 1.29 is 4.79 Å². The molecule has 2 aliphatic heterocycles. The van der Waals surface area contributed by atoms with E-state index in [1.807, 2.05) is 4.90 Å². The Morgan fingerprint density at radius 2 is 1.64 bits per heavy atom. The molecule has 2 aliphatic rings. The van der Waals surface area contributed by atoms with Crippen molar-refractivity contribution in [1.29, 1.82) is 0 Å². The van der Waals surface area contributed by atoms with Gasteiger partial charge in [-0.05, 0) is 25.7 Å². The first-order valence-corrected chi connectivity index (χ1v) is 5.57. The summed E-state index contributed by atoms with van der Waals surface area (Å²) in [5.74, 6) is 1.88. The van der Waals surface area contributed by atoms with Gasteiger partial charge in [0.1, 0.15) is 0 Å². The Balaban J connectivity index is 1.68. The molecule has 3 nitrogen and oxygen atoms in total. The predicted molar refractivity (Wildman–Crippen MR) is 55.9 cm³/mol. The average molecular weight is 196 g/mol. The van der Waals surface area contributed by atoms with E-state index in [0.29, 0.717) is 6.04 Å². The Bertz CT molecular complexity index is 227. The fourth-order valence-corrected chi connectivity index (χ4v) is 2.34. The van der Waals surface area contributed by atoms with E-state index in [9.17, 15) is 4.79 Å². The number of carbonyl (C=O) groups is 1. The van der Waals surface area contributed by atoms with Gasteiger partial charge < -0.3 is 9.80 Å². The number of rotatable bonds is 2. The Kier molecular flexibility index (Phi) is 2.52. The van der Waals surface area contributed by atoms with Gasteiger partial charge in [0.05, 0.1) is 0 Å². The second-order valence-electron chi connectivity index (χ2n) is 4.99. The SMILES string of the molecule is CC(=O)N1CC(C2CN(C(C)C)C2)C1. The summed E-state index contributed by atoms with van der Waals surface area (Å²) >= 11 is 0. The van der Waals surface area contributed by atoms with Crippen LogP contribution in [-0.4, -0.2) is 47.9 Å². The number of nitrogens with zero attached hydrogens (tertiary/aromatic N) is 2. The molecule has 0 bridgehead atoms. The molecule has 0 spiro atoms. The van der Waals surface area contributed by atoms with Gasteiger partial charge in [0.2, 0.25) is 5.91 Å². The molecule has 0 atom stereocenters. The van der Waals surface area contributed by atoms with Crippen LogP contribution in [0.3, 0.4) is 0 Å². The fraction of sp³-hybridized carbons (Fsp3) is 0.909.